The SMILES string of the molecule is CCOC(=O)[C@@]1(Cc2ccccn2)CCCN(C(=O)[C@H](OC(C)=O)c2ccccc2)C1. The Labute approximate surface area is 182 Å². The number of aromatic nitrogens is 1. The van der Waals surface area contributed by atoms with Gasteiger partial charge in [0.2, 0.25) is 6.10 Å². The molecule has 2 heterocycles. The Morgan fingerprint density at radius 2 is 1.87 bits per heavy atom. The largest absolute Gasteiger partial charge is 0.466 e. The lowest BCUT2D eigenvalue weighted by Crippen LogP contribution is -2.53. The molecule has 0 bridgehead atoms. The number of hydrogen-bond donors (Lipinski definition) is 0. The summed E-state index contributed by atoms with van der Waals surface area (Å²) in [5.74, 6) is -1.21. The number of rotatable bonds is 7. The van der Waals surface area contributed by atoms with Crippen molar-refractivity contribution in [3.63, 3.8) is 0 Å². The van der Waals surface area contributed by atoms with Gasteiger partial charge in [-0.25, -0.2) is 0 Å². The van der Waals surface area contributed by atoms with Crippen molar-refractivity contribution in [1.29, 1.82) is 0 Å². The summed E-state index contributed by atoms with van der Waals surface area (Å²) in [6, 6.07) is 14.5. The van der Waals surface area contributed by atoms with Crippen LogP contribution in [0.2, 0.25) is 0 Å². The van der Waals surface area contributed by atoms with Crippen molar-refractivity contribution in [3.8, 4) is 0 Å². The Morgan fingerprint density at radius 3 is 2.52 bits per heavy atom. The van der Waals surface area contributed by atoms with Crippen LogP contribution in [0.25, 0.3) is 0 Å². The van der Waals surface area contributed by atoms with Gasteiger partial charge in [-0.2, -0.15) is 0 Å². The molecule has 1 aromatic carbocycles. The summed E-state index contributed by atoms with van der Waals surface area (Å²) in [4.78, 5) is 44.2. The van der Waals surface area contributed by atoms with Crippen molar-refractivity contribution in [3.05, 3.63) is 66.0 Å². The molecule has 0 aliphatic carbocycles. The summed E-state index contributed by atoms with van der Waals surface area (Å²) < 4.78 is 10.8. The van der Waals surface area contributed by atoms with Crippen LogP contribution < -0.4 is 0 Å². The fourth-order valence-corrected chi connectivity index (χ4v) is 4.06. The van der Waals surface area contributed by atoms with Gasteiger partial charge in [0, 0.05) is 43.9 Å². The number of pyridine rings is 1. The van der Waals surface area contributed by atoms with Gasteiger partial charge in [-0.3, -0.25) is 19.4 Å². The standard InChI is InChI=1S/C24H28N2O5/c1-3-30-23(29)24(16-20-12-7-8-14-25-20)13-9-15-26(17-24)22(28)21(31-18(2)27)19-10-5-4-6-11-19/h4-8,10-12,14,21H,3,9,13,15-17H2,1-2H3/t21-,24-/m1/s1. The molecule has 0 unspecified atom stereocenters. The third-order valence-electron chi connectivity index (χ3n) is 5.45. The highest BCUT2D eigenvalue weighted by molar-refractivity contribution is 5.86. The van der Waals surface area contributed by atoms with Gasteiger partial charge in [-0.15, -0.1) is 0 Å². The number of likely N-dealkylation sites (tertiary alicyclic amines) is 1. The lowest BCUT2D eigenvalue weighted by atomic mass is 9.75. The van der Waals surface area contributed by atoms with Gasteiger partial charge >= 0.3 is 11.9 Å². The van der Waals surface area contributed by atoms with Crippen LogP contribution >= 0.6 is 0 Å². The smallest absolute Gasteiger partial charge is 0.314 e. The fraction of sp³-hybridized carbons (Fsp3) is 0.417. The van der Waals surface area contributed by atoms with E-state index < -0.39 is 17.5 Å². The number of carbonyl (C=O) groups is 3. The summed E-state index contributed by atoms with van der Waals surface area (Å²) in [7, 11) is 0. The second-order valence-corrected chi connectivity index (χ2v) is 7.76. The van der Waals surface area contributed by atoms with Crippen molar-refractivity contribution in [2.24, 2.45) is 5.41 Å². The number of piperidine rings is 1. The van der Waals surface area contributed by atoms with E-state index in [4.69, 9.17) is 9.47 Å². The predicted octanol–water partition coefficient (Wildman–Crippen LogP) is 3.10. The van der Waals surface area contributed by atoms with Crippen LogP contribution in [0.15, 0.2) is 54.7 Å². The average molecular weight is 424 g/mol. The molecule has 31 heavy (non-hydrogen) atoms. The van der Waals surface area contributed by atoms with Crippen LogP contribution in [0.3, 0.4) is 0 Å². The first-order chi connectivity index (χ1) is 14.9. The Morgan fingerprint density at radius 1 is 1.13 bits per heavy atom. The molecule has 1 aromatic heterocycles. The van der Waals surface area contributed by atoms with Crippen LogP contribution in [-0.4, -0.2) is 47.4 Å². The second-order valence-electron chi connectivity index (χ2n) is 7.76. The van der Waals surface area contributed by atoms with Crippen LogP contribution in [0, 0.1) is 5.41 Å². The Balaban J connectivity index is 1.89. The van der Waals surface area contributed by atoms with Gasteiger partial charge in [-0.1, -0.05) is 36.4 Å². The first-order valence-electron chi connectivity index (χ1n) is 10.5. The summed E-state index contributed by atoms with van der Waals surface area (Å²) in [6.07, 6.45) is 2.24. The molecule has 0 radical (unpaired) electrons. The molecule has 0 spiro atoms. The van der Waals surface area contributed by atoms with Crippen molar-refractivity contribution < 1.29 is 23.9 Å². The second kappa shape index (κ2) is 10.2. The van der Waals surface area contributed by atoms with Gasteiger partial charge in [0.15, 0.2) is 0 Å². The monoisotopic (exact) mass is 424 g/mol. The van der Waals surface area contributed by atoms with Crippen LogP contribution in [0.1, 0.15) is 44.1 Å². The van der Waals surface area contributed by atoms with E-state index in [0.29, 0.717) is 31.4 Å². The first-order valence-corrected chi connectivity index (χ1v) is 10.5. The zero-order chi connectivity index (χ0) is 22.3. The number of hydrogen-bond acceptors (Lipinski definition) is 6. The molecular formula is C24H28N2O5. The van der Waals surface area contributed by atoms with Crippen LogP contribution in [-0.2, 0) is 30.3 Å². The summed E-state index contributed by atoms with van der Waals surface area (Å²) >= 11 is 0. The molecule has 2 aromatic rings. The molecule has 2 atom stereocenters. The normalized spacial score (nSPS) is 19.4. The van der Waals surface area contributed by atoms with Crippen LogP contribution in [0.4, 0.5) is 0 Å². The van der Waals surface area contributed by atoms with Gasteiger partial charge in [-0.05, 0) is 31.9 Å². The highest BCUT2D eigenvalue weighted by Gasteiger charge is 2.46. The van der Waals surface area contributed by atoms with Crippen molar-refractivity contribution in [1.82, 2.24) is 9.88 Å². The highest BCUT2D eigenvalue weighted by atomic mass is 16.5. The van der Waals surface area contributed by atoms with E-state index in [9.17, 15) is 14.4 Å². The fourth-order valence-electron chi connectivity index (χ4n) is 4.06. The topological polar surface area (TPSA) is 85.8 Å². The number of amides is 1. The van der Waals surface area contributed by atoms with Gasteiger partial charge in [0.1, 0.15) is 0 Å². The Bertz CT molecular complexity index is 903. The summed E-state index contributed by atoms with van der Waals surface area (Å²) in [6.45, 7) is 3.98. The van der Waals surface area contributed by atoms with E-state index in [1.54, 1.807) is 42.3 Å². The molecule has 0 saturated carbocycles. The van der Waals surface area contributed by atoms with E-state index >= 15 is 0 Å². The Kier molecular flexibility index (Phi) is 7.39. The van der Waals surface area contributed by atoms with Crippen molar-refractivity contribution >= 4 is 17.8 Å². The molecule has 164 valence electrons. The molecule has 1 amide bonds. The third kappa shape index (κ3) is 5.48. The maximum atomic E-state index is 13.4. The molecule has 1 aliphatic heterocycles. The molecule has 0 N–H and O–H groups in total. The lowest BCUT2D eigenvalue weighted by Gasteiger charge is -2.41. The maximum absolute atomic E-state index is 13.4. The molecule has 3 rings (SSSR count). The van der Waals surface area contributed by atoms with E-state index in [1.165, 1.54) is 6.92 Å². The number of carbonyl (C=O) groups excluding carboxylic acids is 3. The van der Waals surface area contributed by atoms with E-state index in [2.05, 4.69) is 4.98 Å². The summed E-state index contributed by atoms with van der Waals surface area (Å²) in [5, 5.41) is 0. The summed E-state index contributed by atoms with van der Waals surface area (Å²) in [5.41, 5.74) is 0.472. The highest BCUT2D eigenvalue weighted by Crippen LogP contribution is 2.36. The molecule has 1 saturated heterocycles. The first kappa shape index (κ1) is 22.5. The van der Waals surface area contributed by atoms with Crippen LogP contribution in [0.5, 0.6) is 0 Å². The van der Waals surface area contributed by atoms with Crippen molar-refractivity contribution in [2.75, 3.05) is 19.7 Å². The zero-order valence-corrected chi connectivity index (χ0v) is 18.0. The number of esters is 2. The minimum Gasteiger partial charge on any atom is -0.466 e. The molecule has 1 fully saturated rings. The maximum Gasteiger partial charge on any atom is 0.314 e. The van der Waals surface area contributed by atoms with E-state index in [-0.39, 0.29) is 25.0 Å². The predicted molar refractivity (Wildman–Crippen MR) is 114 cm³/mol. The minimum absolute atomic E-state index is 0.186. The van der Waals surface area contributed by atoms with E-state index in [1.807, 2.05) is 24.3 Å². The Hall–Kier alpha value is -3.22. The molecule has 1 aliphatic rings. The number of benzene rings is 1. The minimum atomic E-state index is -1.05. The average Bonchev–Trinajstić information content (AvgIpc) is 2.78. The van der Waals surface area contributed by atoms with Gasteiger partial charge < -0.3 is 14.4 Å². The van der Waals surface area contributed by atoms with Gasteiger partial charge in [0.25, 0.3) is 5.91 Å². The van der Waals surface area contributed by atoms with E-state index in [0.717, 1.165) is 5.69 Å². The molecular weight excluding hydrogens is 396 g/mol. The zero-order valence-electron chi connectivity index (χ0n) is 18.0. The van der Waals surface area contributed by atoms with Gasteiger partial charge in [0.05, 0.1) is 12.0 Å². The molecule has 7 heteroatoms. The molecule has 7 nitrogen and oxygen atoms in total. The lowest BCUT2D eigenvalue weighted by molar-refractivity contribution is -0.167. The quantitative estimate of drug-likeness (QED) is 0.635. The number of ether oxygens (including phenoxy) is 2. The van der Waals surface area contributed by atoms with Crippen molar-refractivity contribution in [2.45, 2.75) is 39.2 Å². The third-order valence-corrected chi connectivity index (χ3v) is 5.45. The number of nitrogens with zero attached hydrogens (tertiary/aromatic N) is 2.